The number of carbonyl (C=O) groups is 2. The fraction of sp³-hybridized carbons (Fsp3) is 0.406. The first-order chi connectivity index (χ1) is 18.8. The zero-order valence-corrected chi connectivity index (χ0v) is 23.7. The van der Waals surface area contributed by atoms with Gasteiger partial charge < -0.3 is 20.1 Å². The Morgan fingerprint density at radius 3 is 2.56 bits per heavy atom. The molecule has 1 amide bonds. The number of rotatable bonds is 7. The lowest BCUT2D eigenvalue weighted by molar-refractivity contribution is -0.115. The molecule has 2 N–H and O–H groups in total. The molecule has 1 atom stereocenters. The van der Waals surface area contributed by atoms with E-state index in [1.807, 2.05) is 32.2 Å². The van der Waals surface area contributed by atoms with Crippen molar-refractivity contribution in [2.24, 2.45) is 0 Å². The summed E-state index contributed by atoms with van der Waals surface area (Å²) in [6.45, 7) is 14.4. The normalized spacial score (nSPS) is 17.0. The van der Waals surface area contributed by atoms with Gasteiger partial charge in [0.05, 0.1) is 0 Å². The third-order valence-electron chi connectivity index (χ3n) is 8.10. The van der Waals surface area contributed by atoms with E-state index in [-0.39, 0.29) is 18.2 Å². The molecular weight excluding hydrogens is 486 g/mol. The van der Waals surface area contributed by atoms with Crippen molar-refractivity contribution in [3.63, 3.8) is 0 Å². The molecule has 2 aliphatic rings. The summed E-state index contributed by atoms with van der Waals surface area (Å²) in [5, 5.41) is 7.40. The minimum atomic E-state index is -0.170. The van der Waals surface area contributed by atoms with Crippen LogP contribution >= 0.6 is 0 Å². The van der Waals surface area contributed by atoms with Crippen LogP contribution in [0.25, 0.3) is 22.0 Å². The minimum absolute atomic E-state index is 0.0847. The van der Waals surface area contributed by atoms with Crippen LogP contribution in [0.1, 0.15) is 62.5 Å². The number of hydrogen-bond donors (Lipinski definition) is 2. The summed E-state index contributed by atoms with van der Waals surface area (Å²) in [5.74, 6) is 0.890. The topological polar surface area (TPSA) is 79.3 Å². The molecule has 1 saturated heterocycles. The third-order valence-corrected chi connectivity index (χ3v) is 8.10. The number of anilines is 1. The molecular formula is C32H39N5O2. The van der Waals surface area contributed by atoms with Gasteiger partial charge in [-0.2, -0.15) is 0 Å². The van der Waals surface area contributed by atoms with Crippen molar-refractivity contribution in [3.05, 3.63) is 70.6 Å². The van der Waals surface area contributed by atoms with Gasteiger partial charge in [-0.25, -0.2) is 4.98 Å². The second-order valence-corrected chi connectivity index (χ2v) is 11.0. The SMILES string of the molecule is CC[C@H](C)n1cc(C)c2c(C(=O)NCC3=C(C)C=C(C)CC3=O)cc(-c3ccc(N4CCNCC4)nc3)cc21. The Balaban J connectivity index is 1.53. The second-order valence-electron chi connectivity index (χ2n) is 11.0. The van der Waals surface area contributed by atoms with Gasteiger partial charge in [-0.3, -0.25) is 9.59 Å². The molecule has 204 valence electrons. The molecule has 1 aliphatic heterocycles. The number of ketones is 1. The van der Waals surface area contributed by atoms with Gasteiger partial charge in [0, 0.05) is 85.2 Å². The van der Waals surface area contributed by atoms with E-state index in [1.54, 1.807) is 0 Å². The molecule has 5 rings (SSSR count). The zero-order chi connectivity index (χ0) is 27.7. The van der Waals surface area contributed by atoms with Gasteiger partial charge in [0.15, 0.2) is 5.78 Å². The number of nitrogens with zero attached hydrogens (tertiary/aromatic N) is 3. The van der Waals surface area contributed by atoms with Crippen molar-refractivity contribution >= 4 is 28.4 Å². The quantitative estimate of drug-likeness (QED) is 0.434. The van der Waals surface area contributed by atoms with Crippen LogP contribution < -0.4 is 15.5 Å². The number of hydrogen-bond acceptors (Lipinski definition) is 5. The number of Topliss-reactive ketones (excluding diaryl/α,β-unsaturated/α-hetero) is 1. The van der Waals surface area contributed by atoms with E-state index in [1.165, 1.54) is 0 Å². The Morgan fingerprint density at radius 1 is 1.13 bits per heavy atom. The molecule has 3 heterocycles. The number of allylic oxidation sites excluding steroid dienone is 3. The monoisotopic (exact) mass is 525 g/mol. The Hall–Kier alpha value is -3.71. The lowest BCUT2D eigenvalue weighted by Gasteiger charge is -2.28. The number of aromatic nitrogens is 2. The zero-order valence-electron chi connectivity index (χ0n) is 23.7. The highest BCUT2D eigenvalue weighted by molar-refractivity contribution is 6.10. The highest BCUT2D eigenvalue weighted by Crippen LogP contribution is 2.34. The molecule has 39 heavy (non-hydrogen) atoms. The molecule has 0 bridgehead atoms. The van der Waals surface area contributed by atoms with Crippen molar-refractivity contribution in [2.45, 2.75) is 53.5 Å². The van der Waals surface area contributed by atoms with Crippen LogP contribution in [0.15, 0.2) is 59.5 Å². The van der Waals surface area contributed by atoms with Crippen molar-refractivity contribution in [2.75, 3.05) is 37.6 Å². The number of pyridine rings is 1. The van der Waals surface area contributed by atoms with E-state index in [4.69, 9.17) is 4.98 Å². The molecule has 1 aliphatic carbocycles. The number of nitrogens with one attached hydrogen (secondary N) is 2. The summed E-state index contributed by atoms with van der Waals surface area (Å²) in [4.78, 5) is 33.4. The lowest BCUT2D eigenvalue weighted by atomic mass is 9.92. The maximum Gasteiger partial charge on any atom is 0.252 e. The summed E-state index contributed by atoms with van der Waals surface area (Å²) < 4.78 is 2.28. The van der Waals surface area contributed by atoms with Crippen LogP contribution in [0.4, 0.5) is 5.82 Å². The van der Waals surface area contributed by atoms with Gasteiger partial charge in [-0.15, -0.1) is 0 Å². The van der Waals surface area contributed by atoms with Crippen LogP contribution in [0, 0.1) is 6.92 Å². The largest absolute Gasteiger partial charge is 0.354 e. The summed E-state index contributed by atoms with van der Waals surface area (Å²) in [7, 11) is 0. The maximum absolute atomic E-state index is 13.7. The van der Waals surface area contributed by atoms with Gasteiger partial charge in [-0.05, 0) is 75.1 Å². The first-order valence-corrected chi connectivity index (χ1v) is 14.0. The minimum Gasteiger partial charge on any atom is -0.354 e. The molecule has 0 unspecified atom stereocenters. The van der Waals surface area contributed by atoms with E-state index in [9.17, 15) is 9.59 Å². The van der Waals surface area contributed by atoms with Crippen molar-refractivity contribution in [3.8, 4) is 11.1 Å². The molecule has 7 heteroatoms. The summed E-state index contributed by atoms with van der Waals surface area (Å²) in [6, 6.07) is 8.62. The molecule has 1 aromatic carbocycles. The Labute approximate surface area is 231 Å². The molecule has 0 radical (unpaired) electrons. The number of benzene rings is 1. The fourth-order valence-corrected chi connectivity index (χ4v) is 5.72. The molecule has 3 aromatic rings. The van der Waals surface area contributed by atoms with Crippen LogP contribution in [0.2, 0.25) is 0 Å². The lowest BCUT2D eigenvalue weighted by Crippen LogP contribution is -2.43. The molecule has 1 fully saturated rings. The van der Waals surface area contributed by atoms with Crippen LogP contribution in [0.5, 0.6) is 0 Å². The smallest absolute Gasteiger partial charge is 0.252 e. The predicted octanol–water partition coefficient (Wildman–Crippen LogP) is 5.36. The Morgan fingerprint density at radius 2 is 1.90 bits per heavy atom. The average molecular weight is 526 g/mol. The summed E-state index contributed by atoms with van der Waals surface area (Å²) in [5.41, 5.74) is 7.33. The first kappa shape index (κ1) is 26.9. The second kappa shape index (κ2) is 11.2. The van der Waals surface area contributed by atoms with Gasteiger partial charge in [0.2, 0.25) is 0 Å². The van der Waals surface area contributed by atoms with E-state index in [2.05, 4.69) is 65.3 Å². The third kappa shape index (κ3) is 5.41. The van der Waals surface area contributed by atoms with Crippen LogP contribution in [0.3, 0.4) is 0 Å². The van der Waals surface area contributed by atoms with Crippen molar-refractivity contribution in [1.82, 2.24) is 20.2 Å². The van der Waals surface area contributed by atoms with E-state index in [0.29, 0.717) is 23.6 Å². The van der Waals surface area contributed by atoms with E-state index >= 15 is 0 Å². The highest BCUT2D eigenvalue weighted by atomic mass is 16.2. The maximum atomic E-state index is 13.7. The van der Waals surface area contributed by atoms with Crippen molar-refractivity contribution in [1.29, 1.82) is 0 Å². The number of aryl methyl sites for hydroxylation is 1. The van der Waals surface area contributed by atoms with Gasteiger partial charge in [0.25, 0.3) is 5.91 Å². The summed E-state index contributed by atoms with van der Waals surface area (Å²) >= 11 is 0. The number of fused-ring (bicyclic) bond motifs is 1. The number of carbonyl (C=O) groups excluding carboxylic acids is 2. The Kier molecular flexibility index (Phi) is 7.71. The first-order valence-electron chi connectivity index (χ1n) is 14.0. The number of piperazine rings is 1. The van der Waals surface area contributed by atoms with Crippen LogP contribution in [-0.2, 0) is 4.79 Å². The predicted molar refractivity (Wildman–Crippen MR) is 158 cm³/mol. The van der Waals surface area contributed by atoms with E-state index in [0.717, 1.165) is 77.2 Å². The van der Waals surface area contributed by atoms with Gasteiger partial charge in [0.1, 0.15) is 5.82 Å². The van der Waals surface area contributed by atoms with E-state index < -0.39 is 0 Å². The fourth-order valence-electron chi connectivity index (χ4n) is 5.72. The number of amides is 1. The molecule has 0 saturated carbocycles. The van der Waals surface area contributed by atoms with Crippen molar-refractivity contribution < 1.29 is 9.59 Å². The Bertz CT molecular complexity index is 1470. The summed E-state index contributed by atoms with van der Waals surface area (Å²) in [6.07, 6.45) is 7.49. The molecule has 2 aromatic heterocycles. The standard InChI is InChI=1S/C32H39N5O2/c1-6-23(5)37-19-22(4)31-26(32(39)35-18-27-21(3)13-20(2)14-29(27)38)15-25(16-28(31)37)24-7-8-30(34-17-24)36-11-9-33-10-12-36/h7-8,13,15-17,19,23,33H,6,9-12,14,18H2,1-5H3,(H,35,39)/t23-/m0/s1. The molecule has 0 spiro atoms. The highest BCUT2D eigenvalue weighted by Gasteiger charge is 2.22. The van der Waals surface area contributed by atoms with Crippen LogP contribution in [-0.4, -0.2) is 54.0 Å². The van der Waals surface area contributed by atoms with Gasteiger partial charge in [-0.1, -0.05) is 18.6 Å². The average Bonchev–Trinajstić information content (AvgIpc) is 3.28. The molecule has 7 nitrogen and oxygen atoms in total. The van der Waals surface area contributed by atoms with Gasteiger partial charge >= 0.3 is 0 Å².